The molecule has 64 heavy (non-hydrogen) atoms. The molecule has 0 bridgehead atoms. The number of aromatic nitrogens is 2. The van der Waals surface area contributed by atoms with Crippen LogP contribution in [0, 0.1) is 12.3 Å². The summed E-state index contributed by atoms with van der Waals surface area (Å²) in [4.78, 5) is 87.1. The van der Waals surface area contributed by atoms with Crippen LogP contribution in [-0.4, -0.2) is 102 Å². The van der Waals surface area contributed by atoms with E-state index in [0.717, 1.165) is 29.9 Å². The van der Waals surface area contributed by atoms with Crippen LogP contribution in [0.25, 0.3) is 10.9 Å². The normalized spacial score (nSPS) is 17.1. The molecule has 4 aromatic rings. The van der Waals surface area contributed by atoms with Crippen molar-refractivity contribution in [2.45, 2.75) is 70.6 Å². The summed E-state index contributed by atoms with van der Waals surface area (Å²) in [6.45, 7) is 3.90. The molecule has 3 aliphatic rings. The number of methoxy groups -OCH3 is 1. The summed E-state index contributed by atoms with van der Waals surface area (Å²) in [7, 11) is 3.21. The van der Waals surface area contributed by atoms with Crippen LogP contribution < -0.4 is 35.9 Å². The number of nitrogens with two attached hydrogens (primary N) is 1. The molecule has 1 saturated heterocycles. The number of alkyl halides is 3. The molecule has 0 radical (unpaired) electrons. The fourth-order valence-electron chi connectivity index (χ4n) is 7.76. The number of nitrogen functional groups attached to an aromatic ring is 1. The van der Waals surface area contributed by atoms with Crippen LogP contribution in [0.3, 0.4) is 0 Å². The molecule has 3 heterocycles. The molecule has 0 spiro atoms. The lowest BCUT2D eigenvalue weighted by Gasteiger charge is -2.27. The molecule has 3 aromatic carbocycles. The molecule has 1 saturated carbocycles. The summed E-state index contributed by atoms with van der Waals surface area (Å²) >= 11 is 0. The van der Waals surface area contributed by atoms with Crippen molar-refractivity contribution < 1.29 is 56.1 Å². The summed E-state index contributed by atoms with van der Waals surface area (Å²) in [5.41, 5.74) is 5.60. The van der Waals surface area contributed by atoms with Crippen molar-refractivity contribution in [2.24, 2.45) is 5.41 Å². The topological polar surface area (TPSA) is 224 Å². The van der Waals surface area contributed by atoms with Crippen LogP contribution in [0.5, 0.6) is 17.2 Å². The van der Waals surface area contributed by atoms with E-state index in [9.17, 15) is 41.9 Å². The number of nitrogens with zero attached hydrogens (tertiary/aromatic N) is 4. The Bertz CT molecular complexity index is 2550. The van der Waals surface area contributed by atoms with Crippen LogP contribution >= 0.6 is 0 Å². The van der Waals surface area contributed by atoms with Gasteiger partial charge in [0, 0.05) is 55.5 Å². The number of halogens is 3. The number of carbonyl (C=O) groups is 6. The zero-order valence-corrected chi connectivity index (χ0v) is 35.5. The van der Waals surface area contributed by atoms with Gasteiger partial charge in [-0.3, -0.25) is 39.0 Å². The lowest BCUT2D eigenvalue weighted by molar-refractivity contribution is -0.138. The molecule has 1 aliphatic carbocycles. The van der Waals surface area contributed by atoms with E-state index in [0.29, 0.717) is 52.6 Å². The number of ether oxygens (including phenoxy) is 3. The highest BCUT2D eigenvalue weighted by Gasteiger charge is 2.46. The number of aryl methyl sites for hydroxylation is 1. The number of fused-ring (bicyclic) bond motifs is 2. The summed E-state index contributed by atoms with van der Waals surface area (Å²) < 4.78 is 58.2. The van der Waals surface area contributed by atoms with Gasteiger partial charge >= 0.3 is 6.18 Å². The van der Waals surface area contributed by atoms with E-state index < -0.39 is 60.0 Å². The van der Waals surface area contributed by atoms with Crippen molar-refractivity contribution in [1.29, 1.82) is 0 Å². The second kappa shape index (κ2) is 18.0. The molecule has 5 N–H and O–H groups in total. The number of imide groups is 2. The highest BCUT2D eigenvalue weighted by atomic mass is 19.4. The Kier molecular flexibility index (Phi) is 12.7. The van der Waals surface area contributed by atoms with Gasteiger partial charge < -0.3 is 35.5 Å². The van der Waals surface area contributed by atoms with Crippen LogP contribution in [0.4, 0.5) is 24.7 Å². The van der Waals surface area contributed by atoms with Crippen molar-refractivity contribution in [3.05, 3.63) is 76.6 Å². The van der Waals surface area contributed by atoms with E-state index in [4.69, 9.17) is 19.9 Å². The molecule has 6 amide bonds. The van der Waals surface area contributed by atoms with Crippen molar-refractivity contribution in [1.82, 2.24) is 30.4 Å². The largest absolute Gasteiger partial charge is 0.493 e. The Morgan fingerprint density at radius 3 is 2.47 bits per heavy atom. The van der Waals surface area contributed by atoms with E-state index >= 15 is 0 Å². The molecule has 2 aliphatic heterocycles. The molecule has 1 unspecified atom stereocenters. The number of hydrogen-bond donors (Lipinski definition) is 4. The van der Waals surface area contributed by atoms with E-state index in [2.05, 4.69) is 25.9 Å². The van der Waals surface area contributed by atoms with Crippen molar-refractivity contribution in [3.63, 3.8) is 0 Å². The number of anilines is 2. The Labute approximate surface area is 365 Å². The molecule has 1 aromatic heterocycles. The van der Waals surface area contributed by atoms with Gasteiger partial charge in [0.15, 0.2) is 18.1 Å². The molecule has 2 atom stereocenters. The standard InChI is InChI=1S/C44H47F3N8O9/c1-23(25-14-26(44(45,46)47)16-27(48)15-25)50-39-31-18-35(34(62-4)19-32(31)51-24(2)52-39)64-22-43(11-12-43)21-54(3)38(58)6-5-13-49-37(57)20-63-28-7-8-29-30(17-28)42(61)55(41(29)60)33-9-10-36(56)53-40(33)59/h7-8,14-19,23,33H,5-6,9-13,20-22,48H2,1-4H3,(H,49,57)(H,50,51,52)(H,53,56,59)/t23-,33?/m1/s1. The van der Waals surface area contributed by atoms with Gasteiger partial charge in [-0.2, -0.15) is 13.2 Å². The van der Waals surface area contributed by atoms with Gasteiger partial charge in [0.1, 0.15) is 23.4 Å². The van der Waals surface area contributed by atoms with Crippen LogP contribution in [-0.2, 0) is 25.4 Å². The Morgan fingerprint density at radius 2 is 1.77 bits per heavy atom. The van der Waals surface area contributed by atoms with Gasteiger partial charge in [0.05, 0.1) is 42.0 Å². The van der Waals surface area contributed by atoms with Crippen molar-refractivity contribution in [3.8, 4) is 17.2 Å². The molecule has 7 rings (SSSR count). The Hall–Kier alpha value is -6.99. The average Bonchev–Trinajstić information content (AvgIpc) is 3.97. The minimum Gasteiger partial charge on any atom is -0.493 e. The first kappa shape index (κ1) is 45.0. The fraction of sp³-hybridized carbons (Fsp3) is 0.409. The summed E-state index contributed by atoms with van der Waals surface area (Å²) in [5.74, 6) is -1.34. The first-order chi connectivity index (χ1) is 30.3. The summed E-state index contributed by atoms with van der Waals surface area (Å²) in [5, 5.41) is 8.62. The molecule has 20 heteroatoms. The number of benzene rings is 3. The average molecular weight is 889 g/mol. The second-order valence-corrected chi connectivity index (χ2v) is 16.3. The molecular weight excluding hydrogens is 842 g/mol. The number of rotatable bonds is 17. The number of amides is 6. The highest BCUT2D eigenvalue weighted by molar-refractivity contribution is 6.23. The number of hydrogen-bond acceptors (Lipinski definition) is 13. The molecule has 338 valence electrons. The van der Waals surface area contributed by atoms with E-state index in [-0.39, 0.29) is 66.3 Å². The van der Waals surface area contributed by atoms with Crippen LogP contribution in [0.1, 0.15) is 89.2 Å². The summed E-state index contributed by atoms with van der Waals surface area (Å²) in [6.07, 6.45) is -2.39. The number of piperidine rings is 1. The molecule has 17 nitrogen and oxygen atoms in total. The Balaban J connectivity index is 0.881. The van der Waals surface area contributed by atoms with Crippen molar-refractivity contribution in [2.75, 3.05) is 51.5 Å². The van der Waals surface area contributed by atoms with Gasteiger partial charge in [-0.25, -0.2) is 9.97 Å². The maximum absolute atomic E-state index is 13.5. The van der Waals surface area contributed by atoms with Gasteiger partial charge in [-0.15, -0.1) is 0 Å². The first-order valence-corrected chi connectivity index (χ1v) is 20.6. The minimum absolute atomic E-state index is 0.00245. The lowest BCUT2D eigenvalue weighted by atomic mass is 10.0. The van der Waals surface area contributed by atoms with Gasteiger partial charge in [-0.05, 0) is 87.6 Å². The van der Waals surface area contributed by atoms with E-state index in [1.54, 1.807) is 37.9 Å². The first-order valence-electron chi connectivity index (χ1n) is 20.6. The van der Waals surface area contributed by atoms with Gasteiger partial charge in [0.25, 0.3) is 17.7 Å². The highest BCUT2D eigenvalue weighted by Crippen LogP contribution is 2.47. The van der Waals surface area contributed by atoms with Crippen LogP contribution in [0.15, 0.2) is 48.5 Å². The third-order valence-corrected chi connectivity index (χ3v) is 11.4. The lowest BCUT2D eigenvalue weighted by Crippen LogP contribution is -2.54. The SMILES string of the molecule is COc1cc2nc(C)nc(N[C@H](C)c3cc(N)cc(C(F)(F)F)c3)c2cc1OCC1(CN(C)C(=O)CCCNC(=O)COc2ccc3c(c2)C(=O)N(C2CCC(=O)NC2=O)C3=O)CC1. The maximum Gasteiger partial charge on any atom is 0.416 e. The monoisotopic (exact) mass is 888 g/mol. The molecular formula is C44H47F3N8O9. The predicted molar refractivity (Wildman–Crippen MR) is 224 cm³/mol. The van der Waals surface area contributed by atoms with Crippen molar-refractivity contribution >= 4 is 57.9 Å². The summed E-state index contributed by atoms with van der Waals surface area (Å²) in [6, 6.07) is 9.28. The maximum atomic E-state index is 13.5. The van der Waals surface area contributed by atoms with Crippen LogP contribution in [0.2, 0.25) is 0 Å². The zero-order chi connectivity index (χ0) is 46.1. The second-order valence-electron chi connectivity index (χ2n) is 16.3. The van der Waals surface area contributed by atoms with Gasteiger partial charge in [-0.1, -0.05) is 0 Å². The smallest absolute Gasteiger partial charge is 0.416 e. The quantitative estimate of drug-likeness (QED) is 0.0641. The van der Waals surface area contributed by atoms with E-state index in [1.165, 1.54) is 31.4 Å². The predicted octanol–water partition coefficient (Wildman–Crippen LogP) is 4.71. The van der Waals surface area contributed by atoms with E-state index in [1.807, 2.05) is 0 Å². The molecule has 2 fully saturated rings. The third kappa shape index (κ3) is 9.95. The zero-order valence-electron chi connectivity index (χ0n) is 35.5. The third-order valence-electron chi connectivity index (χ3n) is 11.4. The number of carbonyl (C=O) groups excluding carboxylic acids is 6. The minimum atomic E-state index is -4.57. The Morgan fingerprint density at radius 1 is 1.02 bits per heavy atom. The fourth-order valence-corrected chi connectivity index (χ4v) is 7.76. The number of nitrogens with one attached hydrogen (secondary N) is 3. The van der Waals surface area contributed by atoms with Gasteiger partial charge in [0.2, 0.25) is 17.7 Å².